The minimum atomic E-state index is -3.82. The van der Waals surface area contributed by atoms with Gasteiger partial charge in [-0.2, -0.15) is 0 Å². The second-order valence-corrected chi connectivity index (χ2v) is 6.64. The molecule has 0 fully saturated rings. The van der Waals surface area contributed by atoms with Crippen molar-refractivity contribution in [2.45, 2.75) is 30.8 Å². The smallest absolute Gasteiger partial charge is 0.242 e. The number of hydrogen-bond donors (Lipinski definition) is 3. The van der Waals surface area contributed by atoms with Crippen molar-refractivity contribution < 1.29 is 17.9 Å². The van der Waals surface area contributed by atoms with Gasteiger partial charge in [0.1, 0.15) is 10.7 Å². The van der Waals surface area contributed by atoms with Crippen LogP contribution >= 0.6 is 15.9 Å². The van der Waals surface area contributed by atoms with Gasteiger partial charge in [-0.1, -0.05) is 6.92 Å². The maximum absolute atomic E-state index is 13.2. The van der Waals surface area contributed by atoms with Crippen LogP contribution in [0.2, 0.25) is 0 Å². The van der Waals surface area contributed by atoms with Crippen LogP contribution in [-0.2, 0) is 10.0 Å². The molecular formula is C11H16BrFN2O3S. The highest BCUT2D eigenvalue weighted by molar-refractivity contribution is 9.10. The Balaban J connectivity index is 2.86. The van der Waals surface area contributed by atoms with Crippen LogP contribution in [0.4, 0.5) is 10.1 Å². The fraction of sp³-hybridized carbons (Fsp3) is 0.455. The number of aliphatic hydroxyl groups is 1. The highest BCUT2D eigenvalue weighted by Gasteiger charge is 2.19. The topological polar surface area (TPSA) is 92.4 Å². The normalized spacial score (nSPS) is 13.5. The van der Waals surface area contributed by atoms with Gasteiger partial charge in [0.05, 0.1) is 16.3 Å². The van der Waals surface area contributed by atoms with Crippen molar-refractivity contribution in [3.63, 3.8) is 0 Å². The summed E-state index contributed by atoms with van der Waals surface area (Å²) in [7, 11) is -3.82. The van der Waals surface area contributed by atoms with Crippen molar-refractivity contribution in [1.82, 2.24) is 4.72 Å². The molecule has 1 rings (SSSR count). The van der Waals surface area contributed by atoms with E-state index in [0.717, 1.165) is 12.1 Å². The van der Waals surface area contributed by atoms with E-state index in [-0.39, 0.29) is 21.6 Å². The predicted molar refractivity (Wildman–Crippen MR) is 74.6 cm³/mol. The van der Waals surface area contributed by atoms with E-state index in [2.05, 4.69) is 20.7 Å². The number of aliphatic hydroxyl groups excluding tert-OH is 1. The van der Waals surface area contributed by atoms with Crippen molar-refractivity contribution >= 4 is 31.6 Å². The Morgan fingerprint density at radius 1 is 1.53 bits per heavy atom. The average molecular weight is 355 g/mol. The molecule has 8 heteroatoms. The first-order chi connectivity index (χ1) is 8.77. The SMILES string of the molecule is CCC(O)CCNS(=O)(=O)c1cc(Br)c(F)cc1N. The van der Waals surface area contributed by atoms with Crippen LogP contribution < -0.4 is 10.5 Å². The fourth-order valence-corrected chi connectivity index (χ4v) is 3.10. The number of nitrogens with one attached hydrogen (secondary N) is 1. The van der Waals surface area contributed by atoms with E-state index in [9.17, 15) is 17.9 Å². The van der Waals surface area contributed by atoms with Crippen molar-refractivity contribution in [2.75, 3.05) is 12.3 Å². The second kappa shape index (κ2) is 6.65. The molecule has 4 N–H and O–H groups in total. The summed E-state index contributed by atoms with van der Waals surface area (Å²) in [6, 6.07) is 2.06. The molecule has 0 aromatic heterocycles. The number of rotatable bonds is 6. The molecule has 0 saturated carbocycles. The van der Waals surface area contributed by atoms with E-state index >= 15 is 0 Å². The number of hydrogen-bond acceptors (Lipinski definition) is 4. The van der Waals surface area contributed by atoms with E-state index in [1.165, 1.54) is 0 Å². The third-order valence-corrected chi connectivity index (χ3v) is 4.71. The molecule has 108 valence electrons. The van der Waals surface area contributed by atoms with Gasteiger partial charge < -0.3 is 10.8 Å². The summed E-state index contributed by atoms with van der Waals surface area (Å²) in [4.78, 5) is -0.188. The summed E-state index contributed by atoms with van der Waals surface area (Å²) in [5.74, 6) is -0.627. The van der Waals surface area contributed by atoms with E-state index in [1.54, 1.807) is 6.92 Å². The zero-order chi connectivity index (χ0) is 14.6. The highest BCUT2D eigenvalue weighted by atomic mass is 79.9. The molecule has 0 radical (unpaired) electrons. The zero-order valence-corrected chi connectivity index (χ0v) is 12.8. The van der Waals surface area contributed by atoms with Gasteiger partial charge in [0.15, 0.2) is 0 Å². The molecule has 1 aromatic rings. The summed E-state index contributed by atoms with van der Waals surface area (Å²) < 4.78 is 39.5. The fourth-order valence-electron chi connectivity index (χ4n) is 1.42. The average Bonchev–Trinajstić information content (AvgIpc) is 2.33. The van der Waals surface area contributed by atoms with Crippen molar-refractivity contribution in [3.8, 4) is 0 Å². The highest BCUT2D eigenvalue weighted by Crippen LogP contribution is 2.25. The van der Waals surface area contributed by atoms with Gasteiger partial charge in [0.2, 0.25) is 10.0 Å². The quantitative estimate of drug-likeness (QED) is 0.676. The Kier molecular flexibility index (Phi) is 5.72. The summed E-state index contributed by atoms with van der Waals surface area (Å²) in [5.41, 5.74) is 5.34. The molecule has 1 unspecified atom stereocenters. The van der Waals surface area contributed by atoms with Gasteiger partial charge in [-0.3, -0.25) is 0 Å². The Bertz CT molecular complexity index is 551. The van der Waals surface area contributed by atoms with Gasteiger partial charge in [0, 0.05) is 6.54 Å². The molecule has 1 aromatic carbocycles. The van der Waals surface area contributed by atoms with Crippen LogP contribution in [0.3, 0.4) is 0 Å². The standard InChI is InChI=1S/C11H16BrFN2O3S/c1-2-7(16)3-4-15-19(17,18)11-5-8(12)9(13)6-10(11)14/h5-7,15-16H,2-4,14H2,1H3. The first-order valence-corrected chi connectivity index (χ1v) is 7.97. The molecule has 5 nitrogen and oxygen atoms in total. The molecule has 0 aliphatic heterocycles. The monoisotopic (exact) mass is 354 g/mol. The summed E-state index contributed by atoms with van der Waals surface area (Å²) in [6.07, 6.45) is 0.296. The van der Waals surface area contributed by atoms with Crippen LogP contribution in [-0.4, -0.2) is 26.2 Å². The number of nitrogens with two attached hydrogens (primary N) is 1. The molecular weight excluding hydrogens is 339 g/mol. The Hall–Kier alpha value is -0.700. The first-order valence-electron chi connectivity index (χ1n) is 5.70. The maximum Gasteiger partial charge on any atom is 0.242 e. The van der Waals surface area contributed by atoms with E-state index in [0.29, 0.717) is 12.8 Å². The lowest BCUT2D eigenvalue weighted by molar-refractivity contribution is 0.162. The van der Waals surface area contributed by atoms with Crippen LogP contribution in [0, 0.1) is 5.82 Å². The molecule has 1 atom stereocenters. The Labute approximate surface area is 120 Å². The van der Waals surface area contributed by atoms with E-state index < -0.39 is 21.9 Å². The van der Waals surface area contributed by atoms with Gasteiger partial charge in [-0.25, -0.2) is 17.5 Å². The minimum Gasteiger partial charge on any atom is -0.398 e. The van der Waals surface area contributed by atoms with Crippen molar-refractivity contribution in [2.24, 2.45) is 0 Å². The van der Waals surface area contributed by atoms with Crippen LogP contribution in [0.5, 0.6) is 0 Å². The third kappa shape index (κ3) is 4.41. The number of sulfonamides is 1. The van der Waals surface area contributed by atoms with Crippen molar-refractivity contribution in [3.05, 3.63) is 22.4 Å². The van der Waals surface area contributed by atoms with E-state index in [1.807, 2.05) is 0 Å². The molecule has 0 spiro atoms. The molecule has 0 aliphatic carbocycles. The van der Waals surface area contributed by atoms with Crippen LogP contribution in [0.25, 0.3) is 0 Å². The number of halogens is 2. The summed E-state index contributed by atoms with van der Waals surface area (Å²) in [6.45, 7) is 1.89. The molecule has 0 heterocycles. The van der Waals surface area contributed by atoms with Gasteiger partial charge in [0.25, 0.3) is 0 Å². The molecule has 0 amide bonds. The molecule has 0 aliphatic rings. The summed E-state index contributed by atoms with van der Waals surface area (Å²) >= 11 is 2.91. The van der Waals surface area contributed by atoms with Crippen LogP contribution in [0.15, 0.2) is 21.5 Å². The lowest BCUT2D eigenvalue weighted by atomic mass is 10.2. The van der Waals surface area contributed by atoms with Crippen molar-refractivity contribution in [1.29, 1.82) is 0 Å². The Morgan fingerprint density at radius 3 is 2.74 bits per heavy atom. The van der Waals surface area contributed by atoms with Gasteiger partial charge in [-0.05, 0) is 40.9 Å². The van der Waals surface area contributed by atoms with Gasteiger partial charge in [-0.15, -0.1) is 0 Å². The largest absolute Gasteiger partial charge is 0.398 e. The number of nitrogen functional groups attached to an aromatic ring is 1. The molecule has 19 heavy (non-hydrogen) atoms. The van der Waals surface area contributed by atoms with E-state index in [4.69, 9.17) is 5.73 Å². The Morgan fingerprint density at radius 2 is 2.16 bits per heavy atom. The lowest BCUT2D eigenvalue weighted by Crippen LogP contribution is -2.28. The summed E-state index contributed by atoms with van der Waals surface area (Å²) in [5, 5.41) is 9.34. The lowest BCUT2D eigenvalue weighted by Gasteiger charge is -2.11. The zero-order valence-electron chi connectivity index (χ0n) is 10.4. The minimum absolute atomic E-state index is 0.0238. The predicted octanol–water partition coefficient (Wildman–Crippen LogP) is 1.61. The second-order valence-electron chi connectivity index (χ2n) is 4.05. The third-order valence-electron chi connectivity index (χ3n) is 2.58. The van der Waals surface area contributed by atoms with Crippen LogP contribution in [0.1, 0.15) is 19.8 Å². The number of benzene rings is 1. The molecule has 0 bridgehead atoms. The molecule has 0 saturated heterocycles. The maximum atomic E-state index is 13.2. The number of anilines is 1. The first kappa shape index (κ1) is 16.4. The van der Waals surface area contributed by atoms with Gasteiger partial charge >= 0.3 is 0 Å².